The SMILES string of the molecule is COc1ccc2c(c1)C(=O)N(CC1(c3cc4ncccc4o3)NC(=O)NC1=O)C2. The van der Waals surface area contributed by atoms with Crippen LogP contribution in [0.5, 0.6) is 5.75 Å². The van der Waals surface area contributed by atoms with Gasteiger partial charge in [-0.15, -0.1) is 0 Å². The molecule has 1 unspecified atom stereocenters. The Balaban J connectivity index is 1.54. The van der Waals surface area contributed by atoms with E-state index in [1.54, 1.807) is 36.5 Å². The van der Waals surface area contributed by atoms with Gasteiger partial charge in [-0.25, -0.2) is 4.79 Å². The molecule has 2 N–H and O–H groups in total. The van der Waals surface area contributed by atoms with E-state index in [2.05, 4.69) is 15.6 Å². The normalized spacial score (nSPS) is 20.7. The van der Waals surface area contributed by atoms with Gasteiger partial charge in [0.05, 0.1) is 13.7 Å². The number of ether oxygens (including phenoxy) is 1. The van der Waals surface area contributed by atoms with E-state index in [0.717, 1.165) is 5.56 Å². The quantitative estimate of drug-likeness (QED) is 0.651. The van der Waals surface area contributed by atoms with Crippen molar-refractivity contribution in [1.29, 1.82) is 0 Å². The number of hydrogen-bond donors (Lipinski definition) is 2. The minimum atomic E-state index is -1.54. The minimum absolute atomic E-state index is 0.0831. The van der Waals surface area contributed by atoms with Crippen LogP contribution in [0.2, 0.25) is 0 Å². The Hall–Kier alpha value is -3.88. The van der Waals surface area contributed by atoms with E-state index in [1.165, 1.54) is 12.0 Å². The van der Waals surface area contributed by atoms with Crippen molar-refractivity contribution in [2.24, 2.45) is 0 Å². The van der Waals surface area contributed by atoms with E-state index in [0.29, 0.717) is 29.0 Å². The lowest BCUT2D eigenvalue weighted by molar-refractivity contribution is -0.125. The maximum Gasteiger partial charge on any atom is 0.322 e. The number of nitrogens with zero attached hydrogens (tertiary/aromatic N) is 2. The van der Waals surface area contributed by atoms with Crippen LogP contribution >= 0.6 is 0 Å². The molecule has 146 valence electrons. The van der Waals surface area contributed by atoms with Gasteiger partial charge in [0.15, 0.2) is 11.1 Å². The molecule has 0 bridgehead atoms. The van der Waals surface area contributed by atoms with E-state index in [9.17, 15) is 14.4 Å². The number of imide groups is 1. The lowest BCUT2D eigenvalue weighted by Crippen LogP contribution is -2.52. The van der Waals surface area contributed by atoms with E-state index in [4.69, 9.17) is 9.15 Å². The van der Waals surface area contributed by atoms with E-state index in [1.807, 2.05) is 6.07 Å². The molecule has 1 atom stereocenters. The first-order chi connectivity index (χ1) is 14.0. The highest BCUT2D eigenvalue weighted by atomic mass is 16.5. The van der Waals surface area contributed by atoms with Crippen LogP contribution in [-0.4, -0.2) is 41.4 Å². The van der Waals surface area contributed by atoms with Crippen LogP contribution in [0.4, 0.5) is 4.79 Å². The lowest BCUT2D eigenvalue weighted by atomic mass is 9.95. The minimum Gasteiger partial charge on any atom is -0.497 e. The molecule has 9 heteroatoms. The zero-order valence-corrected chi connectivity index (χ0v) is 15.4. The number of carbonyl (C=O) groups is 3. The molecule has 1 fully saturated rings. The molecule has 1 aromatic carbocycles. The molecule has 1 saturated heterocycles. The van der Waals surface area contributed by atoms with E-state index < -0.39 is 17.5 Å². The molecule has 3 aromatic rings. The first-order valence-electron chi connectivity index (χ1n) is 8.95. The maximum absolute atomic E-state index is 13.0. The number of urea groups is 1. The summed E-state index contributed by atoms with van der Waals surface area (Å²) in [5, 5.41) is 4.90. The Kier molecular flexibility index (Phi) is 3.60. The molecule has 5 rings (SSSR count). The maximum atomic E-state index is 13.0. The molecule has 2 aliphatic rings. The molecule has 4 heterocycles. The lowest BCUT2D eigenvalue weighted by Gasteiger charge is -2.28. The van der Waals surface area contributed by atoms with Gasteiger partial charge in [-0.3, -0.25) is 19.9 Å². The number of aromatic nitrogens is 1. The summed E-state index contributed by atoms with van der Waals surface area (Å²) in [4.78, 5) is 43.5. The summed E-state index contributed by atoms with van der Waals surface area (Å²) in [7, 11) is 1.53. The molecular weight excluding hydrogens is 376 g/mol. The number of carbonyl (C=O) groups excluding carboxylic acids is 3. The predicted molar refractivity (Wildman–Crippen MR) is 100 cm³/mol. The summed E-state index contributed by atoms with van der Waals surface area (Å²) in [6.45, 7) is 0.224. The zero-order valence-electron chi connectivity index (χ0n) is 15.4. The van der Waals surface area contributed by atoms with Crippen LogP contribution in [0.15, 0.2) is 47.0 Å². The van der Waals surface area contributed by atoms with Crippen molar-refractivity contribution in [3.63, 3.8) is 0 Å². The van der Waals surface area contributed by atoms with Crippen molar-refractivity contribution in [1.82, 2.24) is 20.5 Å². The third-order valence-corrected chi connectivity index (χ3v) is 5.27. The van der Waals surface area contributed by atoms with Crippen LogP contribution < -0.4 is 15.4 Å². The number of amides is 4. The fourth-order valence-electron chi connectivity index (χ4n) is 3.82. The molecular formula is C20H16N4O5. The van der Waals surface area contributed by atoms with Gasteiger partial charge in [0.1, 0.15) is 17.0 Å². The summed E-state index contributed by atoms with van der Waals surface area (Å²) < 4.78 is 11.0. The first kappa shape index (κ1) is 17.2. The van der Waals surface area contributed by atoms with Crippen molar-refractivity contribution in [2.45, 2.75) is 12.1 Å². The smallest absolute Gasteiger partial charge is 0.322 e. The highest BCUT2D eigenvalue weighted by Gasteiger charge is 2.53. The Morgan fingerprint density at radius 2 is 2.10 bits per heavy atom. The molecule has 0 saturated carbocycles. The zero-order chi connectivity index (χ0) is 20.2. The van der Waals surface area contributed by atoms with Gasteiger partial charge in [0.2, 0.25) is 0 Å². The number of rotatable bonds is 4. The summed E-state index contributed by atoms with van der Waals surface area (Å²) in [5.74, 6) is -0.0378. The van der Waals surface area contributed by atoms with E-state index in [-0.39, 0.29) is 18.2 Å². The fourth-order valence-corrected chi connectivity index (χ4v) is 3.82. The number of nitrogens with one attached hydrogen (secondary N) is 2. The van der Waals surface area contributed by atoms with Crippen molar-refractivity contribution in [2.75, 3.05) is 13.7 Å². The topological polar surface area (TPSA) is 114 Å². The average molecular weight is 392 g/mol. The molecule has 4 amide bonds. The van der Waals surface area contributed by atoms with Crippen LogP contribution in [0.3, 0.4) is 0 Å². The molecule has 0 radical (unpaired) electrons. The van der Waals surface area contributed by atoms with Crippen molar-refractivity contribution < 1.29 is 23.5 Å². The summed E-state index contributed by atoms with van der Waals surface area (Å²) >= 11 is 0. The van der Waals surface area contributed by atoms with Crippen LogP contribution in [0, 0.1) is 0 Å². The Morgan fingerprint density at radius 1 is 1.24 bits per heavy atom. The van der Waals surface area contributed by atoms with Crippen LogP contribution in [0.25, 0.3) is 11.1 Å². The molecule has 0 aliphatic carbocycles. The first-order valence-corrected chi connectivity index (χ1v) is 8.95. The second-order valence-electron chi connectivity index (χ2n) is 7.00. The number of methoxy groups -OCH3 is 1. The Bertz CT molecular complexity index is 1150. The summed E-state index contributed by atoms with van der Waals surface area (Å²) in [6, 6.07) is 9.66. The van der Waals surface area contributed by atoms with Crippen LogP contribution in [0.1, 0.15) is 21.7 Å². The fraction of sp³-hybridized carbons (Fsp3) is 0.200. The molecule has 9 nitrogen and oxygen atoms in total. The second-order valence-corrected chi connectivity index (χ2v) is 7.00. The predicted octanol–water partition coefficient (Wildman–Crippen LogP) is 1.53. The Morgan fingerprint density at radius 3 is 2.83 bits per heavy atom. The van der Waals surface area contributed by atoms with Gasteiger partial charge in [0, 0.05) is 24.4 Å². The number of hydrogen-bond acceptors (Lipinski definition) is 6. The highest BCUT2D eigenvalue weighted by Crippen LogP contribution is 2.34. The molecule has 0 spiro atoms. The van der Waals surface area contributed by atoms with Gasteiger partial charge in [-0.1, -0.05) is 6.07 Å². The standard InChI is InChI=1S/C20H16N4O5/c1-28-12-5-4-11-9-24(17(25)13(11)7-12)10-20(18(26)22-19(27)23-20)16-8-14-15(29-16)3-2-6-21-14/h2-8H,9-10H2,1H3,(H2,22,23,26,27). The third-order valence-electron chi connectivity index (χ3n) is 5.27. The van der Waals surface area contributed by atoms with E-state index >= 15 is 0 Å². The number of furan rings is 1. The van der Waals surface area contributed by atoms with Crippen LogP contribution in [-0.2, 0) is 16.9 Å². The highest BCUT2D eigenvalue weighted by molar-refractivity contribution is 6.08. The monoisotopic (exact) mass is 392 g/mol. The molecule has 2 aliphatic heterocycles. The van der Waals surface area contributed by atoms with Crippen molar-refractivity contribution >= 4 is 28.9 Å². The average Bonchev–Trinajstić information content (AvgIpc) is 3.36. The summed E-state index contributed by atoms with van der Waals surface area (Å²) in [6.07, 6.45) is 1.61. The second kappa shape index (κ2) is 6.06. The van der Waals surface area contributed by atoms with Gasteiger partial charge < -0.3 is 19.4 Å². The number of benzene rings is 1. The summed E-state index contributed by atoms with van der Waals surface area (Å²) in [5.41, 5.74) is 0.824. The molecule has 2 aromatic heterocycles. The van der Waals surface area contributed by atoms with Crippen molar-refractivity contribution in [3.8, 4) is 5.75 Å². The van der Waals surface area contributed by atoms with Gasteiger partial charge in [-0.05, 0) is 29.8 Å². The largest absolute Gasteiger partial charge is 0.497 e. The Labute approximate surface area is 164 Å². The van der Waals surface area contributed by atoms with Gasteiger partial charge in [0.25, 0.3) is 11.8 Å². The number of fused-ring (bicyclic) bond motifs is 2. The van der Waals surface area contributed by atoms with Gasteiger partial charge in [-0.2, -0.15) is 0 Å². The number of pyridine rings is 1. The third kappa shape index (κ3) is 2.54. The van der Waals surface area contributed by atoms with Gasteiger partial charge >= 0.3 is 6.03 Å². The van der Waals surface area contributed by atoms with Crippen molar-refractivity contribution in [3.05, 3.63) is 59.5 Å². The molecule has 29 heavy (non-hydrogen) atoms.